The molecule has 5 nitrogen and oxygen atoms in total. The van der Waals surface area contributed by atoms with Crippen LogP contribution < -0.4 is 10.1 Å². The highest BCUT2D eigenvalue weighted by Crippen LogP contribution is 2.27. The lowest BCUT2D eigenvalue weighted by Crippen LogP contribution is -2.30. The number of hydrogen-bond donors (Lipinski definition) is 1. The fraction of sp³-hybridized carbons (Fsp3) is 0.333. The molecule has 0 fully saturated rings. The van der Waals surface area contributed by atoms with Crippen LogP contribution in [-0.4, -0.2) is 25.1 Å². The van der Waals surface area contributed by atoms with Crippen molar-refractivity contribution in [2.45, 2.75) is 38.7 Å². The number of methoxy groups -OCH3 is 1. The molecule has 0 saturated heterocycles. The summed E-state index contributed by atoms with van der Waals surface area (Å²) in [6.45, 7) is 1.54. The first-order chi connectivity index (χ1) is 13.0. The van der Waals surface area contributed by atoms with Crippen molar-refractivity contribution in [3.8, 4) is 5.75 Å². The first-order valence-electron chi connectivity index (χ1n) is 8.91. The number of carbonyl (C=O) groups excluding carboxylic acids is 2. The Morgan fingerprint density at radius 3 is 2.67 bits per heavy atom. The van der Waals surface area contributed by atoms with Gasteiger partial charge < -0.3 is 14.8 Å². The predicted molar refractivity (Wildman–Crippen MR) is 104 cm³/mol. The van der Waals surface area contributed by atoms with Gasteiger partial charge in [-0.3, -0.25) is 9.59 Å². The van der Waals surface area contributed by atoms with Crippen LogP contribution in [0.1, 0.15) is 30.0 Å². The van der Waals surface area contributed by atoms with E-state index >= 15 is 0 Å². The molecule has 0 radical (unpaired) electrons. The largest absolute Gasteiger partial charge is 0.495 e. The summed E-state index contributed by atoms with van der Waals surface area (Å²) in [5.74, 6) is -0.328. The maximum Gasteiger partial charge on any atom is 0.311 e. The van der Waals surface area contributed by atoms with Gasteiger partial charge in [0.1, 0.15) is 5.75 Å². The Morgan fingerprint density at radius 1 is 1.15 bits per heavy atom. The van der Waals surface area contributed by atoms with E-state index in [1.165, 1.54) is 18.2 Å². The summed E-state index contributed by atoms with van der Waals surface area (Å²) in [6, 6.07) is 11.0. The summed E-state index contributed by atoms with van der Waals surface area (Å²) in [5, 5.41) is 3.07. The minimum Gasteiger partial charge on any atom is -0.495 e. The molecule has 27 heavy (non-hydrogen) atoms. The normalized spacial score (nSPS) is 13.6. The van der Waals surface area contributed by atoms with E-state index in [1.54, 1.807) is 25.1 Å². The molecule has 1 atom stereocenters. The molecule has 0 aliphatic heterocycles. The molecule has 2 aromatic carbocycles. The maximum atomic E-state index is 12.3. The van der Waals surface area contributed by atoms with Gasteiger partial charge in [-0.1, -0.05) is 29.8 Å². The minimum absolute atomic E-state index is 0.152. The second kappa shape index (κ2) is 8.44. The lowest BCUT2D eigenvalue weighted by molar-refractivity contribution is -0.152. The SMILES string of the molecule is COc1ccc(NC(=O)[C@@H](C)OC(=O)Cc2ccc3c(c2)CCC3)cc1Cl. The Labute approximate surface area is 163 Å². The smallest absolute Gasteiger partial charge is 0.311 e. The van der Waals surface area contributed by atoms with E-state index in [4.69, 9.17) is 21.1 Å². The Balaban J connectivity index is 1.54. The molecule has 0 heterocycles. The highest BCUT2D eigenvalue weighted by atomic mass is 35.5. The van der Waals surface area contributed by atoms with Crippen molar-refractivity contribution in [3.63, 3.8) is 0 Å². The molecule has 6 heteroatoms. The zero-order valence-electron chi connectivity index (χ0n) is 15.4. The number of fused-ring (bicyclic) bond motifs is 1. The monoisotopic (exact) mass is 387 g/mol. The van der Waals surface area contributed by atoms with Gasteiger partial charge in [0, 0.05) is 5.69 Å². The molecule has 1 aliphatic carbocycles. The number of carbonyl (C=O) groups is 2. The summed E-state index contributed by atoms with van der Waals surface area (Å²) in [5.41, 5.74) is 4.09. The third kappa shape index (κ3) is 4.80. The van der Waals surface area contributed by atoms with Crippen molar-refractivity contribution in [3.05, 3.63) is 58.1 Å². The molecule has 0 saturated carbocycles. The van der Waals surface area contributed by atoms with E-state index in [9.17, 15) is 9.59 Å². The van der Waals surface area contributed by atoms with Gasteiger partial charge >= 0.3 is 5.97 Å². The molecule has 2 aromatic rings. The Bertz CT molecular complexity index is 865. The minimum atomic E-state index is -0.909. The third-order valence-electron chi connectivity index (χ3n) is 4.61. The molecule has 1 N–H and O–H groups in total. The third-order valence-corrected chi connectivity index (χ3v) is 4.90. The molecule has 0 spiro atoms. The van der Waals surface area contributed by atoms with Crippen LogP contribution in [0.4, 0.5) is 5.69 Å². The average molecular weight is 388 g/mol. The summed E-state index contributed by atoms with van der Waals surface area (Å²) in [7, 11) is 1.52. The molecule has 1 aliphatic rings. The second-order valence-corrected chi connectivity index (χ2v) is 7.01. The molecule has 1 amide bonds. The molecular formula is C21H22ClNO4. The quantitative estimate of drug-likeness (QED) is 0.762. The van der Waals surface area contributed by atoms with E-state index in [0.29, 0.717) is 16.5 Å². The fourth-order valence-electron chi connectivity index (χ4n) is 3.18. The van der Waals surface area contributed by atoms with Crippen LogP contribution in [0.2, 0.25) is 5.02 Å². The molecule has 3 rings (SSSR count). The number of rotatable bonds is 6. The maximum absolute atomic E-state index is 12.3. The number of benzene rings is 2. The zero-order chi connectivity index (χ0) is 19.4. The number of anilines is 1. The summed E-state index contributed by atoms with van der Waals surface area (Å²) in [4.78, 5) is 24.4. The van der Waals surface area contributed by atoms with Crippen molar-refractivity contribution in [1.29, 1.82) is 0 Å². The first-order valence-corrected chi connectivity index (χ1v) is 9.28. The van der Waals surface area contributed by atoms with Crippen LogP contribution in [0.25, 0.3) is 0 Å². The van der Waals surface area contributed by atoms with Crippen LogP contribution in [0.5, 0.6) is 5.75 Å². The topological polar surface area (TPSA) is 64.6 Å². The van der Waals surface area contributed by atoms with Crippen molar-refractivity contribution in [2.24, 2.45) is 0 Å². The number of halogens is 1. The molecule has 0 unspecified atom stereocenters. The first kappa shape index (κ1) is 19.2. The fourth-order valence-corrected chi connectivity index (χ4v) is 3.44. The van der Waals surface area contributed by atoms with E-state index in [1.807, 2.05) is 6.07 Å². The van der Waals surface area contributed by atoms with Gasteiger partial charge in [-0.15, -0.1) is 0 Å². The number of hydrogen-bond acceptors (Lipinski definition) is 4. The van der Waals surface area contributed by atoms with Crippen LogP contribution in [0.15, 0.2) is 36.4 Å². The molecular weight excluding hydrogens is 366 g/mol. The van der Waals surface area contributed by atoms with Crippen LogP contribution in [0, 0.1) is 0 Å². The molecule has 0 bridgehead atoms. The summed E-state index contributed by atoms with van der Waals surface area (Å²) >= 11 is 6.05. The average Bonchev–Trinajstić information content (AvgIpc) is 3.09. The number of esters is 1. The van der Waals surface area contributed by atoms with Gasteiger partial charge in [-0.25, -0.2) is 0 Å². The van der Waals surface area contributed by atoms with E-state index < -0.39 is 18.0 Å². The summed E-state index contributed by atoms with van der Waals surface area (Å²) < 4.78 is 10.3. The standard InChI is InChI=1S/C21H22ClNO4/c1-13(21(25)23-17-8-9-19(26-2)18(22)12-17)27-20(24)11-14-6-7-15-4-3-5-16(15)10-14/h6-10,12-13H,3-5,11H2,1-2H3,(H,23,25)/t13-/m1/s1. The molecule has 0 aromatic heterocycles. The van der Waals surface area contributed by atoms with Crippen molar-refractivity contribution < 1.29 is 19.1 Å². The van der Waals surface area contributed by atoms with E-state index in [2.05, 4.69) is 17.4 Å². The number of nitrogens with one attached hydrogen (secondary N) is 1. The van der Waals surface area contributed by atoms with Crippen LogP contribution in [-0.2, 0) is 33.6 Å². The van der Waals surface area contributed by atoms with Crippen molar-refractivity contribution >= 4 is 29.2 Å². The van der Waals surface area contributed by atoms with E-state index in [0.717, 1.165) is 24.8 Å². The highest BCUT2D eigenvalue weighted by Gasteiger charge is 2.19. The van der Waals surface area contributed by atoms with E-state index in [-0.39, 0.29) is 6.42 Å². The van der Waals surface area contributed by atoms with Gasteiger partial charge in [-0.2, -0.15) is 0 Å². The second-order valence-electron chi connectivity index (χ2n) is 6.60. The zero-order valence-corrected chi connectivity index (χ0v) is 16.1. The number of aryl methyl sites for hydroxylation is 2. The Kier molecular flexibility index (Phi) is 6.01. The van der Waals surface area contributed by atoms with Crippen LogP contribution >= 0.6 is 11.6 Å². The number of amides is 1. The van der Waals surface area contributed by atoms with Gasteiger partial charge in [0.05, 0.1) is 18.6 Å². The van der Waals surface area contributed by atoms with Crippen molar-refractivity contribution in [1.82, 2.24) is 0 Å². The van der Waals surface area contributed by atoms with Gasteiger partial charge in [0.2, 0.25) is 0 Å². The number of ether oxygens (including phenoxy) is 2. The van der Waals surface area contributed by atoms with Gasteiger partial charge in [0.25, 0.3) is 5.91 Å². The molecule has 142 valence electrons. The predicted octanol–water partition coefficient (Wildman–Crippen LogP) is 3.95. The Hall–Kier alpha value is -2.53. The highest BCUT2D eigenvalue weighted by molar-refractivity contribution is 6.32. The Morgan fingerprint density at radius 2 is 1.93 bits per heavy atom. The summed E-state index contributed by atoms with van der Waals surface area (Å²) in [6.07, 6.45) is 2.57. The lowest BCUT2D eigenvalue weighted by atomic mass is 10.0. The van der Waals surface area contributed by atoms with Gasteiger partial charge in [-0.05, 0) is 61.1 Å². The van der Waals surface area contributed by atoms with Gasteiger partial charge in [0.15, 0.2) is 6.10 Å². The van der Waals surface area contributed by atoms with Crippen molar-refractivity contribution in [2.75, 3.05) is 12.4 Å². The lowest BCUT2D eigenvalue weighted by Gasteiger charge is -2.14. The van der Waals surface area contributed by atoms with Crippen LogP contribution in [0.3, 0.4) is 0 Å².